The quantitative estimate of drug-likeness (QED) is 0.854. The van der Waals surface area contributed by atoms with E-state index in [1.54, 1.807) is 0 Å². The molecule has 0 spiro atoms. The Balaban J connectivity index is 1.99. The third kappa shape index (κ3) is 3.73. The zero-order valence-corrected chi connectivity index (χ0v) is 13.5. The molecule has 0 radical (unpaired) electrons. The van der Waals surface area contributed by atoms with Gasteiger partial charge in [-0.2, -0.15) is 0 Å². The third-order valence-corrected chi connectivity index (χ3v) is 4.05. The number of hydrogen-bond donors (Lipinski definition) is 1. The van der Waals surface area contributed by atoms with Crippen LogP contribution in [-0.2, 0) is 6.54 Å². The summed E-state index contributed by atoms with van der Waals surface area (Å²) in [6, 6.07) is 12.4. The standard InChI is InChI=1S/C16H20BrN3/c1-3-20(4-2)16-10-9-14(12-19-16)18-11-13-7-5-6-8-15(13)17/h5-10,12,18H,3-4,11H2,1-2H3. The van der Waals surface area contributed by atoms with Crippen LogP contribution in [0, 0.1) is 0 Å². The number of anilines is 2. The number of rotatable bonds is 6. The minimum atomic E-state index is 0.785. The molecule has 1 heterocycles. The molecule has 1 N–H and O–H groups in total. The summed E-state index contributed by atoms with van der Waals surface area (Å²) in [4.78, 5) is 6.74. The van der Waals surface area contributed by atoms with Gasteiger partial charge in [0.1, 0.15) is 5.82 Å². The van der Waals surface area contributed by atoms with Crippen LogP contribution in [-0.4, -0.2) is 18.1 Å². The van der Waals surface area contributed by atoms with Crippen molar-refractivity contribution < 1.29 is 0 Å². The van der Waals surface area contributed by atoms with Gasteiger partial charge in [-0.15, -0.1) is 0 Å². The molecule has 0 bridgehead atoms. The van der Waals surface area contributed by atoms with Crippen molar-refractivity contribution in [2.24, 2.45) is 0 Å². The molecule has 0 aliphatic carbocycles. The Morgan fingerprint density at radius 2 is 1.85 bits per heavy atom. The van der Waals surface area contributed by atoms with Gasteiger partial charge in [0, 0.05) is 24.1 Å². The van der Waals surface area contributed by atoms with E-state index >= 15 is 0 Å². The monoisotopic (exact) mass is 333 g/mol. The maximum absolute atomic E-state index is 4.51. The Kier molecular flexibility index (Phi) is 5.41. The minimum Gasteiger partial charge on any atom is -0.380 e. The summed E-state index contributed by atoms with van der Waals surface area (Å²) >= 11 is 3.56. The van der Waals surface area contributed by atoms with Crippen molar-refractivity contribution >= 4 is 27.4 Å². The number of nitrogens with zero attached hydrogens (tertiary/aromatic N) is 2. The molecule has 0 unspecified atom stereocenters. The van der Waals surface area contributed by atoms with E-state index in [0.717, 1.165) is 35.6 Å². The summed E-state index contributed by atoms with van der Waals surface area (Å²) in [5.74, 6) is 1.03. The second kappa shape index (κ2) is 7.29. The second-order valence-corrected chi connectivity index (χ2v) is 5.38. The van der Waals surface area contributed by atoms with Gasteiger partial charge in [0.2, 0.25) is 0 Å². The van der Waals surface area contributed by atoms with Crippen LogP contribution in [0.4, 0.5) is 11.5 Å². The van der Waals surface area contributed by atoms with Gasteiger partial charge >= 0.3 is 0 Å². The number of halogens is 1. The molecule has 4 heteroatoms. The van der Waals surface area contributed by atoms with Crippen molar-refractivity contribution in [1.82, 2.24) is 4.98 Å². The largest absolute Gasteiger partial charge is 0.380 e. The Labute approximate surface area is 129 Å². The second-order valence-electron chi connectivity index (χ2n) is 4.52. The van der Waals surface area contributed by atoms with Gasteiger partial charge in [-0.25, -0.2) is 4.98 Å². The van der Waals surface area contributed by atoms with E-state index in [1.807, 2.05) is 18.3 Å². The summed E-state index contributed by atoms with van der Waals surface area (Å²) in [7, 11) is 0. The first-order valence-corrected chi connectivity index (χ1v) is 7.72. The summed E-state index contributed by atoms with van der Waals surface area (Å²) in [5, 5.41) is 3.39. The minimum absolute atomic E-state index is 0.785. The Morgan fingerprint density at radius 3 is 2.45 bits per heavy atom. The number of pyridine rings is 1. The van der Waals surface area contributed by atoms with Gasteiger partial charge in [-0.05, 0) is 37.6 Å². The fourth-order valence-corrected chi connectivity index (χ4v) is 2.49. The molecular formula is C16H20BrN3. The summed E-state index contributed by atoms with van der Waals surface area (Å²) in [6.07, 6.45) is 1.89. The summed E-state index contributed by atoms with van der Waals surface area (Å²) in [5.41, 5.74) is 2.27. The zero-order chi connectivity index (χ0) is 14.4. The van der Waals surface area contributed by atoms with Crippen LogP contribution in [0.3, 0.4) is 0 Å². The van der Waals surface area contributed by atoms with Gasteiger partial charge in [0.05, 0.1) is 11.9 Å². The predicted molar refractivity (Wildman–Crippen MR) is 89.3 cm³/mol. The highest BCUT2D eigenvalue weighted by molar-refractivity contribution is 9.10. The predicted octanol–water partition coefficient (Wildman–Crippen LogP) is 4.30. The van der Waals surface area contributed by atoms with E-state index in [1.165, 1.54) is 5.56 Å². The van der Waals surface area contributed by atoms with E-state index in [0.29, 0.717) is 0 Å². The maximum atomic E-state index is 4.51. The van der Waals surface area contributed by atoms with Crippen LogP contribution < -0.4 is 10.2 Å². The Hall–Kier alpha value is -1.55. The topological polar surface area (TPSA) is 28.2 Å². The van der Waals surface area contributed by atoms with Gasteiger partial charge in [0.25, 0.3) is 0 Å². The maximum Gasteiger partial charge on any atom is 0.128 e. The van der Waals surface area contributed by atoms with Gasteiger partial charge < -0.3 is 10.2 Å². The lowest BCUT2D eigenvalue weighted by Crippen LogP contribution is -2.22. The molecule has 0 atom stereocenters. The van der Waals surface area contributed by atoms with E-state index in [4.69, 9.17) is 0 Å². The van der Waals surface area contributed by atoms with Crippen molar-refractivity contribution in [2.75, 3.05) is 23.3 Å². The number of hydrogen-bond acceptors (Lipinski definition) is 3. The molecule has 0 amide bonds. The van der Waals surface area contributed by atoms with Crippen molar-refractivity contribution in [3.8, 4) is 0 Å². The van der Waals surface area contributed by atoms with Gasteiger partial charge in [0.15, 0.2) is 0 Å². The van der Waals surface area contributed by atoms with Crippen LogP contribution >= 0.6 is 15.9 Å². The number of aromatic nitrogens is 1. The molecule has 106 valence electrons. The average molecular weight is 334 g/mol. The lowest BCUT2D eigenvalue weighted by atomic mass is 10.2. The first-order chi connectivity index (χ1) is 9.74. The molecule has 1 aromatic carbocycles. The van der Waals surface area contributed by atoms with Crippen molar-refractivity contribution in [2.45, 2.75) is 20.4 Å². The molecule has 2 aromatic rings. The van der Waals surface area contributed by atoms with E-state index in [2.05, 4.69) is 69.2 Å². The molecule has 1 aromatic heterocycles. The molecule has 0 fully saturated rings. The highest BCUT2D eigenvalue weighted by Gasteiger charge is 2.03. The first-order valence-electron chi connectivity index (χ1n) is 6.92. The first kappa shape index (κ1) is 14.9. The van der Waals surface area contributed by atoms with E-state index < -0.39 is 0 Å². The molecule has 3 nitrogen and oxygen atoms in total. The lowest BCUT2D eigenvalue weighted by Gasteiger charge is -2.19. The molecule has 0 aliphatic heterocycles. The molecule has 20 heavy (non-hydrogen) atoms. The normalized spacial score (nSPS) is 10.3. The molecule has 0 aliphatic rings. The highest BCUT2D eigenvalue weighted by Crippen LogP contribution is 2.18. The zero-order valence-electron chi connectivity index (χ0n) is 11.9. The van der Waals surface area contributed by atoms with Gasteiger partial charge in [-0.3, -0.25) is 0 Å². The number of nitrogens with one attached hydrogen (secondary N) is 1. The van der Waals surface area contributed by atoms with Gasteiger partial charge in [-0.1, -0.05) is 34.1 Å². The van der Waals surface area contributed by atoms with Crippen LogP contribution in [0.2, 0.25) is 0 Å². The molecular weight excluding hydrogens is 314 g/mol. The van der Waals surface area contributed by atoms with Crippen LogP contribution in [0.25, 0.3) is 0 Å². The fourth-order valence-electron chi connectivity index (χ4n) is 2.06. The summed E-state index contributed by atoms with van der Waals surface area (Å²) in [6.45, 7) is 7.03. The smallest absolute Gasteiger partial charge is 0.128 e. The number of benzene rings is 1. The average Bonchev–Trinajstić information content (AvgIpc) is 2.49. The van der Waals surface area contributed by atoms with Crippen molar-refractivity contribution in [1.29, 1.82) is 0 Å². The van der Waals surface area contributed by atoms with E-state index in [9.17, 15) is 0 Å². The lowest BCUT2D eigenvalue weighted by molar-refractivity contribution is 0.846. The third-order valence-electron chi connectivity index (χ3n) is 3.28. The molecule has 0 saturated carbocycles. The molecule has 2 rings (SSSR count). The fraction of sp³-hybridized carbons (Fsp3) is 0.312. The molecule has 0 saturated heterocycles. The van der Waals surface area contributed by atoms with Crippen LogP contribution in [0.1, 0.15) is 19.4 Å². The SMILES string of the molecule is CCN(CC)c1ccc(NCc2ccccc2Br)cn1. The highest BCUT2D eigenvalue weighted by atomic mass is 79.9. The summed E-state index contributed by atoms with van der Waals surface area (Å²) < 4.78 is 1.13. The Morgan fingerprint density at radius 1 is 1.10 bits per heavy atom. The van der Waals surface area contributed by atoms with Crippen LogP contribution in [0.15, 0.2) is 47.1 Å². The van der Waals surface area contributed by atoms with Crippen molar-refractivity contribution in [3.05, 3.63) is 52.6 Å². The van der Waals surface area contributed by atoms with E-state index in [-0.39, 0.29) is 0 Å². The van der Waals surface area contributed by atoms with Crippen molar-refractivity contribution in [3.63, 3.8) is 0 Å². The van der Waals surface area contributed by atoms with Crippen LogP contribution in [0.5, 0.6) is 0 Å². The Bertz CT molecular complexity index is 536.